The summed E-state index contributed by atoms with van der Waals surface area (Å²) in [7, 11) is -3.45. The van der Waals surface area contributed by atoms with E-state index >= 15 is 0 Å². The maximum atomic E-state index is 13.0. The third-order valence-corrected chi connectivity index (χ3v) is 8.88. The Morgan fingerprint density at radius 2 is 1.90 bits per heavy atom. The zero-order chi connectivity index (χ0) is 20.6. The van der Waals surface area contributed by atoms with E-state index in [0.717, 1.165) is 11.3 Å². The van der Waals surface area contributed by atoms with Crippen molar-refractivity contribution in [2.24, 2.45) is 5.92 Å². The Morgan fingerprint density at radius 1 is 1.17 bits per heavy atom. The fourth-order valence-corrected chi connectivity index (χ4v) is 6.73. The molecule has 8 heteroatoms. The van der Waals surface area contributed by atoms with Gasteiger partial charge in [-0.25, -0.2) is 8.42 Å². The average molecular weight is 435 g/mol. The van der Waals surface area contributed by atoms with E-state index in [1.165, 1.54) is 15.6 Å². The Hall–Kier alpha value is -1.90. The molecule has 1 N–H and O–H groups in total. The zero-order valence-corrected chi connectivity index (χ0v) is 18.3. The molecule has 3 heterocycles. The van der Waals surface area contributed by atoms with Crippen LogP contribution in [0.5, 0.6) is 5.75 Å². The van der Waals surface area contributed by atoms with Gasteiger partial charge in [0, 0.05) is 31.0 Å². The summed E-state index contributed by atoms with van der Waals surface area (Å²) >= 11 is 1.23. The monoisotopic (exact) mass is 434 g/mol. The summed E-state index contributed by atoms with van der Waals surface area (Å²) in [6.07, 6.45) is 1.76. The van der Waals surface area contributed by atoms with Crippen LogP contribution in [0, 0.1) is 5.92 Å². The van der Waals surface area contributed by atoms with Crippen molar-refractivity contribution in [3.8, 4) is 5.75 Å². The van der Waals surface area contributed by atoms with Crippen LogP contribution >= 0.6 is 11.3 Å². The number of nitrogens with zero attached hydrogens (tertiary/aromatic N) is 1. The number of rotatable bonds is 4. The molecule has 0 saturated carbocycles. The summed E-state index contributed by atoms with van der Waals surface area (Å²) in [4.78, 5) is 13.0. The lowest BCUT2D eigenvalue weighted by molar-refractivity contribution is -0.127. The highest BCUT2D eigenvalue weighted by molar-refractivity contribution is 7.91. The van der Waals surface area contributed by atoms with Crippen molar-refractivity contribution >= 4 is 27.3 Å². The third-order valence-electron chi connectivity index (χ3n) is 5.61. The van der Waals surface area contributed by atoms with E-state index in [-0.39, 0.29) is 23.5 Å². The lowest BCUT2D eigenvalue weighted by atomic mass is 9.88. The summed E-state index contributed by atoms with van der Waals surface area (Å²) in [5, 5.41) is 4.96. The van der Waals surface area contributed by atoms with Gasteiger partial charge < -0.3 is 10.1 Å². The first kappa shape index (κ1) is 20.4. The number of para-hydroxylation sites is 1. The minimum Gasteiger partial charge on any atom is -0.487 e. The fourth-order valence-electron chi connectivity index (χ4n) is 4.12. The van der Waals surface area contributed by atoms with E-state index in [9.17, 15) is 13.2 Å². The van der Waals surface area contributed by atoms with Gasteiger partial charge in [0.25, 0.3) is 10.0 Å². The quantitative estimate of drug-likeness (QED) is 0.798. The summed E-state index contributed by atoms with van der Waals surface area (Å²) in [5.41, 5.74) is 0.641. The first-order valence-electron chi connectivity index (χ1n) is 9.88. The van der Waals surface area contributed by atoms with Crippen LogP contribution in [0.3, 0.4) is 0 Å². The van der Waals surface area contributed by atoms with Crippen LogP contribution in [0.15, 0.2) is 46.0 Å². The maximum Gasteiger partial charge on any atom is 0.252 e. The molecule has 1 aromatic carbocycles. The lowest BCUT2D eigenvalue weighted by Gasteiger charge is -2.38. The average Bonchev–Trinajstić information content (AvgIpc) is 3.23. The highest BCUT2D eigenvalue weighted by Crippen LogP contribution is 2.39. The normalized spacial score (nSPS) is 22.5. The predicted molar refractivity (Wildman–Crippen MR) is 112 cm³/mol. The molecular weight excluding hydrogens is 408 g/mol. The molecule has 1 fully saturated rings. The lowest BCUT2D eigenvalue weighted by Crippen LogP contribution is -2.46. The van der Waals surface area contributed by atoms with E-state index in [4.69, 9.17) is 4.74 Å². The Balaban J connectivity index is 1.41. The second kappa shape index (κ2) is 7.74. The Labute approximate surface area is 175 Å². The molecule has 0 aliphatic carbocycles. The van der Waals surface area contributed by atoms with Crippen molar-refractivity contribution in [2.45, 2.75) is 49.0 Å². The number of piperidine rings is 1. The number of amides is 1. The topological polar surface area (TPSA) is 75.7 Å². The number of carbonyl (C=O) groups is 1. The van der Waals surface area contributed by atoms with Gasteiger partial charge in [0.05, 0.1) is 6.04 Å². The standard InChI is InChI=1S/C21H26N2O4S2/c1-21(2)14-17(16-6-3-4-7-18(16)27-21)22-20(24)15-9-11-23(12-10-15)29(25,26)19-8-5-13-28-19/h3-8,13,15,17H,9-12,14H2,1-2H3,(H,22,24)/t17-/m0/s1. The molecule has 1 aromatic heterocycles. The number of fused-ring (bicyclic) bond motifs is 1. The van der Waals surface area contributed by atoms with Gasteiger partial charge in [-0.1, -0.05) is 24.3 Å². The van der Waals surface area contributed by atoms with E-state index < -0.39 is 10.0 Å². The molecule has 2 aromatic rings. The Morgan fingerprint density at radius 3 is 2.59 bits per heavy atom. The van der Waals surface area contributed by atoms with Crippen LogP contribution in [-0.4, -0.2) is 37.3 Å². The Bertz CT molecular complexity index is 978. The van der Waals surface area contributed by atoms with Crippen LogP contribution < -0.4 is 10.1 Å². The number of ether oxygens (including phenoxy) is 1. The molecular formula is C21H26N2O4S2. The molecule has 0 radical (unpaired) electrons. The number of benzene rings is 1. The van der Waals surface area contributed by atoms with Crippen molar-refractivity contribution in [3.05, 3.63) is 47.3 Å². The van der Waals surface area contributed by atoms with Gasteiger partial charge in [-0.15, -0.1) is 11.3 Å². The van der Waals surface area contributed by atoms with Crippen LogP contribution in [0.4, 0.5) is 0 Å². The van der Waals surface area contributed by atoms with E-state index in [1.54, 1.807) is 17.5 Å². The number of thiophene rings is 1. The van der Waals surface area contributed by atoms with Gasteiger partial charge in [0.1, 0.15) is 15.6 Å². The van der Waals surface area contributed by atoms with Crippen LogP contribution in [-0.2, 0) is 14.8 Å². The highest BCUT2D eigenvalue weighted by Gasteiger charge is 2.37. The number of nitrogens with one attached hydrogen (secondary N) is 1. The molecule has 1 saturated heterocycles. The maximum absolute atomic E-state index is 13.0. The van der Waals surface area contributed by atoms with Crippen molar-refractivity contribution in [3.63, 3.8) is 0 Å². The van der Waals surface area contributed by atoms with Crippen molar-refractivity contribution in [2.75, 3.05) is 13.1 Å². The van der Waals surface area contributed by atoms with Gasteiger partial charge >= 0.3 is 0 Å². The number of sulfonamides is 1. The first-order valence-corrected chi connectivity index (χ1v) is 12.2. The molecule has 0 spiro atoms. The van der Waals surface area contributed by atoms with Gasteiger partial charge in [-0.05, 0) is 44.2 Å². The van der Waals surface area contributed by atoms with Crippen molar-refractivity contribution < 1.29 is 17.9 Å². The minimum atomic E-state index is -3.45. The van der Waals surface area contributed by atoms with E-state index in [1.807, 2.05) is 38.1 Å². The minimum absolute atomic E-state index is 0.00400. The summed E-state index contributed by atoms with van der Waals surface area (Å²) < 4.78 is 33.2. The third kappa shape index (κ3) is 4.20. The first-order chi connectivity index (χ1) is 13.8. The summed E-state index contributed by atoms with van der Waals surface area (Å²) in [6.45, 7) is 4.79. The molecule has 2 aliphatic rings. The fraction of sp³-hybridized carbons (Fsp3) is 0.476. The summed E-state index contributed by atoms with van der Waals surface area (Å²) in [6, 6.07) is 11.1. The molecule has 0 unspecified atom stereocenters. The largest absolute Gasteiger partial charge is 0.487 e. The van der Waals surface area contributed by atoms with Crippen molar-refractivity contribution in [1.29, 1.82) is 0 Å². The van der Waals surface area contributed by atoms with Gasteiger partial charge in [-0.2, -0.15) is 4.31 Å². The molecule has 156 valence electrons. The SMILES string of the molecule is CC1(C)C[C@H](NC(=O)C2CCN(S(=O)(=O)c3cccs3)CC2)c2ccccc2O1. The number of hydrogen-bond donors (Lipinski definition) is 1. The van der Waals surface area contributed by atoms with Crippen molar-refractivity contribution in [1.82, 2.24) is 9.62 Å². The molecule has 2 aliphatic heterocycles. The van der Waals surface area contributed by atoms with Gasteiger partial charge in [0.2, 0.25) is 5.91 Å². The van der Waals surface area contributed by atoms with E-state index in [0.29, 0.717) is 36.6 Å². The second-order valence-electron chi connectivity index (χ2n) is 8.28. The molecule has 1 amide bonds. The molecule has 4 rings (SSSR count). The predicted octanol–water partition coefficient (Wildman–Crippen LogP) is 3.57. The molecule has 29 heavy (non-hydrogen) atoms. The van der Waals surface area contributed by atoms with Gasteiger partial charge in [-0.3, -0.25) is 4.79 Å². The Kier molecular flexibility index (Phi) is 5.44. The van der Waals surface area contributed by atoms with E-state index in [2.05, 4.69) is 5.32 Å². The van der Waals surface area contributed by atoms with Crippen LogP contribution in [0.25, 0.3) is 0 Å². The van der Waals surface area contributed by atoms with Crippen LogP contribution in [0.2, 0.25) is 0 Å². The second-order valence-corrected chi connectivity index (χ2v) is 11.4. The zero-order valence-electron chi connectivity index (χ0n) is 16.6. The smallest absolute Gasteiger partial charge is 0.252 e. The molecule has 6 nitrogen and oxygen atoms in total. The molecule has 0 bridgehead atoms. The number of hydrogen-bond acceptors (Lipinski definition) is 5. The highest BCUT2D eigenvalue weighted by atomic mass is 32.2. The number of carbonyl (C=O) groups excluding carboxylic acids is 1. The van der Waals surface area contributed by atoms with Gasteiger partial charge in [0.15, 0.2) is 0 Å². The molecule has 1 atom stereocenters. The summed E-state index contributed by atoms with van der Waals surface area (Å²) in [5.74, 6) is 0.629. The van der Waals surface area contributed by atoms with Crippen LogP contribution in [0.1, 0.15) is 44.7 Å².